The number of carboxylic acids is 1. The average molecular weight is 308 g/mol. The lowest BCUT2D eigenvalue weighted by molar-refractivity contribution is -0.139. The Morgan fingerprint density at radius 3 is 2.73 bits per heavy atom. The Hall–Kier alpha value is -1.95. The molecule has 0 heterocycles. The molecule has 6 heteroatoms. The molecule has 0 aromatic heterocycles. The van der Waals surface area contributed by atoms with E-state index < -0.39 is 30.5 Å². The summed E-state index contributed by atoms with van der Waals surface area (Å²) in [5, 5.41) is 8.71. The standard InChI is InChI=1S/C16H21FN2O3/c1-19(15(20)12(17)9-13(18)16(21)22)14-8-4-6-10-5-2-3-7-11(10)14/h4,6,8,12-13H,2-3,5,7,9,18H2,1H3,(H,21,22)/t12-,13-/m0/s1. The van der Waals surface area contributed by atoms with Crippen molar-refractivity contribution in [2.75, 3.05) is 11.9 Å². The van der Waals surface area contributed by atoms with E-state index in [9.17, 15) is 14.0 Å². The molecule has 1 aromatic rings. The summed E-state index contributed by atoms with van der Waals surface area (Å²) in [6.45, 7) is 0. The first-order chi connectivity index (χ1) is 10.4. The number of anilines is 1. The van der Waals surface area contributed by atoms with Gasteiger partial charge < -0.3 is 15.7 Å². The van der Waals surface area contributed by atoms with Crippen LogP contribution in [0, 0.1) is 0 Å². The maximum absolute atomic E-state index is 14.0. The number of carbonyl (C=O) groups is 2. The monoisotopic (exact) mass is 308 g/mol. The van der Waals surface area contributed by atoms with E-state index in [0.29, 0.717) is 5.69 Å². The van der Waals surface area contributed by atoms with Gasteiger partial charge in [-0.3, -0.25) is 9.59 Å². The second-order valence-electron chi connectivity index (χ2n) is 5.67. The van der Waals surface area contributed by atoms with E-state index in [1.165, 1.54) is 17.5 Å². The van der Waals surface area contributed by atoms with Crippen molar-refractivity contribution in [2.24, 2.45) is 5.73 Å². The van der Waals surface area contributed by atoms with Gasteiger partial charge in [0.1, 0.15) is 6.04 Å². The minimum absolute atomic E-state index is 0.520. The Balaban J connectivity index is 2.15. The first-order valence-electron chi connectivity index (χ1n) is 7.42. The van der Waals surface area contributed by atoms with Crippen LogP contribution in [0.3, 0.4) is 0 Å². The Kier molecular flexibility index (Phi) is 5.13. The lowest BCUT2D eigenvalue weighted by Crippen LogP contribution is -2.40. The molecule has 120 valence electrons. The normalized spacial score (nSPS) is 16.5. The summed E-state index contributed by atoms with van der Waals surface area (Å²) in [6, 6.07) is 4.31. The van der Waals surface area contributed by atoms with Crippen molar-refractivity contribution in [1.29, 1.82) is 0 Å². The molecular weight excluding hydrogens is 287 g/mol. The summed E-state index contributed by atoms with van der Waals surface area (Å²) in [5.41, 5.74) is 8.28. The van der Waals surface area contributed by atoms with Crippen molar-refractivity contribution in [3.05, 3.63) is 29.3 Å². The van der Waals surface area contributed by atoms with Crippen LogP contribution >= 0.6 is 0 Å². The second kappa shape index (κ2) is 6.87. The predicted molar refractivity (Wildman–Crippen MR) is 81.6 cm³/mol. The highest BCUT2D eigenvalue weighted by molar-refractivity contribution is 5.97. The molecule has 0 saturated carbocycles. The van der Waals surface area contributed by atoms with E-state index in [1.807, 2.05) is 12.1 Å². The van der Waals surface area contributed by atoms with Crippen LogP contribution in [0.15, 0.2) is 18.2 Å². The maximum atomic E-state index is 14.0. The smallest absolute Gasteiger partial charge is 0.320 e. The summed E-state index contributed by atoms with van der Waals surface area (Å²) >= 11 is 0. The number of fused-ring (bicyclic) bond motifs is 1. The Morgan fingerprint density at radius 1 is 1.36 bits per heavy atom. The molecule has 0 fully saturated rings. The number of alkyl halides is 1. The number of nitrogens with two attached hydrogens (primary N) is 1. The topological polar surface area (TPSA) is 83.6 Å². The fourth-order valence-electron chi connectivity index (χ4n) is 2.83. The Bertz CT molecular complexity index is 577. The third-order valence-corrected chi connectivity index (χ3v) is 4.11. The van der Waals surface area contributed by atoms with Gasteiger partial charge in [0.25, 0.3) is 5.91 Å². The fourth-order valence-corrected chi connectivity index (χ4v) is 2.83. The van der Waals surface area contributed by atoms with Crippen LogP contribution in [0.2, 0.25) is 0 Å². The second-order valence-corrected chi connectivity index (χ2v) is 5.67. The molecule has 5 nitrogen and oxygen atoms in total. The summed E-state index contributed by atoms with van der Waals surface area (Å²) in [5.74, 6) is -2.06. The van der Waals surface area contributed by atoms with Crippen molar-refractivity contribution in [1.82, 2.24) is 0 Å². The summed E-state index contributed by atoms with van der Waals surface area (Å²) in [6.07, 6.45) is 1.56. The number of halogens is 1. The zero-order valence-electron chi connectivity index (χ0n) is 12.6. The van der Waals surface area contributed by atoms with E-state index in [4.69, 9.17) is 10.8 Å². The van der Waals surface area contributed by atoms with Crippen LogP contribution in [-0.2, 0) is 22.4 Å². The van der Waals surface area contributed by atoms with Gasteiger partial charge in [-0.1, -0.05) is 12.1 Å². The number of nitrogens with zero attached hydrogens (tertiary/aromatic N) is 1. The first kappa shape index (κ1) is 16.4. The number of carboxylic acid groups (broad SMARTS) is 1. The number of aryl methyl sites for hydroxylation is 1. The molecule has 1 aliphatic rings. The van der Waals surface area contributed by atoms with Gasteiger partial charge >= 0.3 is 5.97 Å². The van der Waals surface area contributed by atoms with Crippen molar-refractivity contribution in [3.63, 3.8) is 0 Å². The number of carbonyl (C=O) groups excluding carboxylic acids is 1. The van der Waals surface area contributed by atoms with E-state index in [-0.39, 0.29) is 0 Å². The molecule has 0 spiro atoms. The predicted octanol–water partition coefficient (Wildman–Crippen LogP) is 1.67. The molecule has 1 aliphatic carbocycles. The highest BCUT2D eigenvalue weighted by atomic mass is 19.1. The van der Waals surface area contributed by atoms with Crippen molar-refractivity contribution in [3.8, 4) is 0 Å². The van der Waals surface area contributed by atoms with Gasteiger partial charge in [-0.25, -0.2) is 4.39 Å². The Morgan fingerprint density at radius 2 is 2.05 bits per heavy atom. The molecule has 3 N–H and O–H groups in total. The van der Waals surface area contributed by atoms with Crippen LogP contribution in [-0.4, -0.2) is 36.2 Å². The molecule has 1 amide bonds. The van der Waals surface area contributed by atoms with Crippen LogP contribution in [0.1, 0.15) is 30.4 Å². The lowest BCUT2D eigenvalue weighted by Gasteiger charge is -2.26. The van der Waals surface area contributed by atoms with E-state index >= 15 is 0 Å². The molecule has 22 heavy (non-hydrogen) atoms. The summed E-state index contributed by atoms with van der Waals surface area (Å²) in [7, 11) is 1.52. The maximum Gasteiger partial charge on any atom is 0.320 e. The van der Waals surface area contributed by atoms with Gasteiger partial charge in [0, 0.05) is 19.2 Å². The number of hydrogen-bond acceptors (Lipinski definition) is 3. The van der Waals surface area contributed by atoms with Gasteiger partial charge in [-0.05, 0) is 42.9 Å². The number of benzene rings is 1. The average Bonchev–Trinajstić information content (AvgIpc) is 2.52. The molecule has 0 radical (unpaired) electrons. The van der Waals surface area contributed by atoms with Gasteiger partial charge in [0.05, 0.1) is 0 Å². The Labute approximate surface area is 128 Å². The first-order valence-corrected chi connectivity index (χ1v) is 7.42. The number of rotatable bonds is 5. The largest absolute Gasteiger partial charge is 0.480 e. The third kappa shape index (κ3) is 3.44. The zero-order chi connectivity index (χ0) is 16.3. The molecular formula is C16H21FN2O3. The van der Waals surface area contributed by atoms with Crippen LogP contribution in [0.5, 0.6) is 0 Å². The van der Waals surface area contributed by atoms with E-state index in [1.54, 1.807) is 6.07 Å². The third-order valence-electron chi connectivity index (χ3n) is 4.11. The molecule has 0 saturated heterocycles. The number of hydrogen-bond donors (Lipinski definition) is 2. The lowest BCUT2D eigenvalue weighted by atomic mass is 9.90. The SMILES string of the molecule is CN(C(=O)[C@@H](F)C[C@H](N)C(=O)O)c1cccc2c1CCCC2. The van der Waals surface area contributed by atoms with Gasteiger partial charge in [-0.2, -0.15) is 0 Å². The molecule has 0 bridgehead atoms. The van der Waals surface area contributed by atoms with Crippen molar-refractivity contribution >= 4 is 17.6 Å². The minimum Gasteiger partial charge on any atom is -0.480 e. The van der Waals surface area contributed by atoms with Gasteiger partial charge in [0.2, 0.25) is 0 Å². The van der Waals surface area contributed by atoms with Crippen LogP contribution < -0.4 is 10.6 Å². The molecule has 0 aliphatic heterocycles. The molecule has 1 aromatic carbocycles. The fraction of sp³-hybridized carbons (Fsp3) is 0.500. The molecule has 2 rings (SSSR count). The number of aliphatic carboxylic acids is 1. The minimum atomic E-state index is -1.92. The molecule has 0 unspecified atom stereocenters. The van der Waals surface area contributed by atoms with E-state index in [2.05, 4.69) is 0 Å². The van der Waals surface area contributed by atoms with Gasteiger partial charge in [-0.15, -0.1) is 0 Å². The number of amides is 1. The quantitative estimate of drug-likeness (QED) is 0.866. The van der Waals surface area contributed by atoms with Gasteiger partial charge in [0.15, 0.2) is 6.17 Å². The van der Waals surface area contributed by atoms with E-state index in [0.717, 1.165) is 31.2 Å². The van der Waals surface area contributed by atoms with Crippen LogP contribution in [0.4, 0.5) is 10.1 Å². The summed E-state index contributed by atoms with van der Waals surface area (Å²) < 4.78 is 14.0. The zero-order valence-corrected chi connectivity index (χ0v) is 12.6. The summed E-state index contributed by atoms with van der Waals surface area (Å²) in [4.78, 5) is 24.1. The van der Waals surface area contributed by atoms with Crippen LogP contribution in [0.25, 0.3) is 0 Å². The highest BCUT2D eigenvalue weighted by Crippen LogP contribution is 2.30. The van der Waals surface area contributed by atoms with Crippen molar-refractivity contribution < 1.29 is 19.1 Å². The van der Waals surface area contributed by atoms with Crippen molar-refractivity contribution in [2.45, 2.75) is 44.3 Å². The molecule has 2 atom stereocenters. The highest BCUT2D eigenvalue weighted by Gasteiger charge is 2.28.